The van der Waals surface area contributed by atoms with Crippen LogP contribution in [0.1, 0.15) is 21.7 Å². The molecule has 1 aromatic carbocycles. The van der Waals surface area contributed by atoms with Gasteiger partial charge in [0.15, 0.2) is 0 Å². The summed E-state index contributed by atoms with van der Waals surface area (Å²) in [4.78, 5) is 25.4. The number of carbonyl (C=O) groups excluding carboxylic acids is 1. The summed E-state index contributed by atoms with van der Waals surface area (Å²) in [7, 11) is 3.09. The third kappa shape index (κ3) is 4.73. The molecule has 8 heteroatoms. The molecule has 28 heavy (non-hydrogen) atoms. The molecule has 0 aliphatic carbocycles. The number of hydrogen-bond donors (Lipinski definition) is 2. The third-order valence-electron chi connectivity index (χ3n) is 3.92. The molecule has 2 heterocycles. The maximum Gasteiger partial charge on any atom is 0.274 e. The number of anilines is 2. The van der Waals surface area contributed by atoms with E-state index in [1.807, 2.05) is 19.1 Å². The van der Waals surface area contributed by atoms with Crippen molar-refractivity contribution in [1.29, 1.82) is 0 Å². The van der Waals surface area contributed by atoms with Crippen LogP contribution in [0.25, 0.3) is 0 Å². The Morgan fingerprint density at radius 2 is 1.96 bits per heavy atom. The standard InChI is InChI=1S/C20H21N5O3/c1-13-9-17(25-20(23-13)22-12-14-5-4-8-21-11-14)19(26)24-16-7-6-15(27-2)10-18(16)28-3/h4-11H,12H2,1-3H3,(H,24,26)(H,22,23,25). The van der Waals surface area contributed by atoms with Crippen LogP contribution in [0.4, 0.5) is 11.6 Å². The van der Waals surface area contributed by atoms with Crippen LogP contribution < -0.4 is 20.1 Å². The molecule has 144 valence electrons. The van der Waals surface area contributed by atoms with Gasteiger partial charge in [-0.25, -0.2) is 9.97 Å². The number of pyridine rings is 1. The van der Waals surface area contributed by atoms with Gasteiger partial charge in [0, 0.05) is 30.7 Å². The Morgan fingerprint density at radius 3 is 2.68 bits per heavy atom. The Labute approximate surface area is 163 Å². The van der Waals surface area contributed by atoms with Crippen LogP contribution in [0.2, 0.25) is 0 Å². The van der Waals surface area contributed by atoms with Gasteiger partial charge in [-0.1, -0.05) is 6.07 Å². The van der Waals surface area contributed by atoms with Crippen LogP contribution in [-0.2, 0) is 6.54 Å². The molecule has 0 aliphatic rings. The second kappa shape index (κ2) is 8.81. The summed E-state index contributed by atoms with van der Waals surface area (Å²) >= 11 is 0. The Bertz CT molecular complexity index is 963. The minimum atomic E-state index is -0.363. The minimum Gasteiger partial charge on any atom is -0.497 e. The SMILES string of the molecule is COc1ccc(NC(=O)c2cc(C)nc(NCc3cccnc3)n2)c(OC)c1. The second-order valence-corrected chi connectivity index (χ2v) is 5.95. The van der Waals surface area contributed by atoms with E-state index in [1.165, 1.54) is 7.11 Å². The molecule has 2 N–H and O–H groups in total. The van der Waals surface area contributed by atoms with Crippen LogP contribution in [-0.4, -0.2) is 35.1 Å². The van der Waals surface area contributed by atoms with E-state index < -0.39 is 0 Å². The summed E-state index contributed by atoms with van der Waals surface area (Å²) < 4.78 is 10.5. The number of rotatable bonds is 7. The minimum absolute atomic E-state index is 0.249. The van der Waals surface area contributed by atoms with E-state index in [9.17, 15) is 4.79 Å². The van der Waals surface area contributed by atoms with Crippen LogP contribution in [0.5, 0.6) is 11.5 Å². The normalized spacial score (nSPS) is 10.2. The van der Waals surface area contributed by atoms with Crippen molar-refractivity contribution in [2.45, 2.75) is 13.5 Å². The number of ether oxygens (including phenoxy) is 2. The van der Waals surface area contributed by atoms with Crippen molar-refractivity contribution in [3.63, 3.8) is 0 Å². The van der Waals surface area contributed by atoms with Crippen molar-refractivity contribution in [2.75, 3.05) is 24.9 Å². The molecule has 0 unspecified atom stereocenters. The summed E-state index contributed by atoms with van der Waals surface area (Å²) in [6.07, 6.45) is 3.47. The zero-order chi connectivity index (χ0) is 19.9. The number of nitrogens with one attached hydrogen (secondary N) is 2. The molecule has 0 saturated heterocycles. The Hall–Kier alpha value is -3.68. The summed E-state index contributed by atoms with van der Waals surface area (Å²) in [5.41, 5.74) is 2.44. The zero-order valence-corrected chi connectivity index (χ0v) is 15.9. The predicted octanol–water partition coefficient (Wildman–Crippen LogP) is 3.06. The monoisotopic (exact) mass is 379 g/mol. The zero-order valence-electron chi connectivity index (χ0n) is 15.9. The maximum atomic E-state index is 12.7. The van der Waals surface area contributed by atoms with Crippen LogP contribution >= 0.6 is 0 Å². The van der Waals surface area contributed by atoms with E-state index in [4.69, 9.17) is 9.47 Å². The molecular weight excluding hydrogens is 358 g/mol. The van der Waals surface area contributed by atoms with Crippen LogP contribution in [0, 0.1) is 6.92 Å². The topological polar surface area (TPSA) is 98.3 Å². The average Bonchev–Trinajstić information content (AvgIpc) is 2.73. The van der Waals surface area contributed by atoms with E-state index in [1.54, 1.807) is 43.8 Å². The highest BCUT2D eigenvalue weighted by Gasteiger charge is 2.14. The molecule has 3 aromatic rings. The molecular formula is C20H21N5O3. The van der Waals surface area contributed by atoms with Crippen molar-refractivity contribution >= 4 is 17.5 Å². The number of benzene rings is 1. The fourth-order valence-electron chi connectivity index (χ4n) is 2.54. The van der Waals surface area contributed by atoms with E-state index in [0.717, 1.165) is 5.56 Å². The van der Waals surface area contributed by atoms with Gasteiger partial charge in [-0.05, 0) is 36.8 Å². The number of amides is 1. The predicted molar refractivity (Wildman–Crippen MR) is 106 cm³/mol. The lowest BCUT2D eigenvalue weighted by molar-refractivity contribution is 0.102. The first kappa shape index (κ1) is 19.1. The van der Waals surface area contributed by atoms with E-state index in [2.05, 4.69) is 25.6 Å². The molecule has 3 rings (SSSR count). The Balaban J connectivity index is 1.76. The molecule has 0 radical (unpaired) electrons. The molecule has 0 spiro atoms. The lowest BCUT2D eigenvalue weighted by Crippen LogP contribution is -2.16. The van der Waals surface area contributed by atoms with Gasteiger partial charge in [-0.3, -0.25) is 9.78 Å². The number of carbonyl (C=O) groups is 1. The van der Waals surface area contributed by atoms with Gasteiger partial charge >= 0.3 is 0 Å². The second-order valence-electron chi connectivity index (χ2n) is 5.95. The summed E-state index contributed by atoms with van der Waals surface area (Å²) in [6.45, 7) is 2.31. The molecule has 0 atom stereocenters. The molecule has 0 saturated carbocycles. The highest BCUT2D eigenvalue weighted by Crippen LogP contribution is 2.29. The first-order chi connectivity index (χ1) is 13.6. The molecule has 0 bridgehead atoms. The highest BCUT2D eigenvalue weighted by molar-refractivity contribution is 6.04. The van der Waals surface area contributed by atoms with Crippen molar-refractivity contribution < 1.29 is 14.3 Å². The Morgan fingerprint density at radius 1 is 1.11 bits per heavy atom. The van der Waals surface area contributed by atoms with Crippen molar-refractivity contribution in [3.8, 4) is 11.5 Å². The van der Waals surface area contributed by atoms with Gasteiger partial charge in [-0.15, -0.1) is 0 Å². The first-order valence-corrected chi connectivity index (χ1v) is 8.61. The van der Waals surface area contributed by atoms with Crippen LogP contribution in [0.15, 0.2) is 48.8 Å². The van der Waals surface area contributed by atoms with Gasteiger partial charge in [-0.2, -0.15) is 0 Å². The lowest BCUT2D eigenvalue weighted by atomic mass is 10.2. The quantitative estimate of drug-likeness (QED) is 0.651. The van der Waals surface area contributed by atoms with E-state index in [-0.39, 0.29) is 11.6 Å². The Kier molecular flexibility index (Phi) is 6.01. The fourth-order valence-corrected chi connectivity index (χ4v) is 2.54. The number of nitrogens with zero attached hydrogens (tertiary/aromatic N) is 3. The number of methoxy groups -OCH3 is 2. The number of hydrogen-bond acceptors (Lipinski definition) is 7. The van der Waals surface area contributed by atoms with Crippen molar-refractivity contribution in [3.05, 3.63) is 65.7 Å². The van der Waals surface area contributed by atoms with E-state index >= 15 is 0 Å². The maximum absolute atomic E-state index is 12.7. The van der Waals surface area contributed by atoms with Gasteiger partial charge in [0.05, 0.1) is 19.9 Å². The largest absolute Gasteiger partial charge is 0.497 e. The van der Waals surface area contributed by atoms with Gasteiger partial charge < -0.3 is 20.1 Å². The van der Waals surface area contributed by atoms with Crippen molar-refractivity contribution in [2.24, 2.45) is 0 Å². The van der Waals surface area contributed by atoms with Crippen molar-refractivity contribution in [1.82, 2.24) is 15.0 Å². The molecule has 0 fully saturated rings. The molecule has 0 aliphatic heterocycles. The lowest BCUT2D eigenvalue weighted by Gasteiger charge is -2.12. The summed E-state index contributed by atoms with van der Waals surface area (Å²) in [5.74, 6) is 1.14. The van der Waals surface area contributed by atoms with Crippen LogP contribution in [0.3, 0.4) is 0 Å². The third-order valence-corrected chi connectivity index (χ3v) is 3.92. The van der Waals surface area contributed by atoms with Gasteiger partial charge in [0.2, 0.25) is 5.95 Å². The highest BCUT2D eigenvalue weighted by atomic mass is 16.5. The average molecular weight is 379 g/mol. The van der Waals surface area contributed by atoms with Gasteiger partial charge in [0.25, 0.3) is 5.91 Å². The molecule has 1 amide bonds. The number of aryl methyl sites for hydroxylation is 1. The van der Waals surface area contributed by atoms with Gasteiger partial charge in [0.1, 0.15) is 17.2 Å². The molecule has 8 nitrogen and oxygen atoms in total. The summed E-state index contributed by atoms with van der Waals surface area (Å²) in [5, 5.41) is 5.92. The molecule has 2 aromatic heterocycles. The van der Waals surface area contributed by atoms with E-state index in [0.29, 0.717) is 35.4 Å². The first-order valence-electron chi connectivity index (χ1n) is 8.61. The fraction of sp³-hybridized carbons (Fsp3) is 0.200. The summed E-state index contributed by atoms with van der Waals surface area (Å²) in [6, 6.07) is 10.6. The smallest absolute Gasteiger partial charge is 0.274 e. The number of aromatic nitrogens is 3.